The molecule has 0 aromatic rings. The fraction of sp³-hybridized carbons (Fsp3) is 1.00. The van der Waals surface area contributed by atoms with Gasteiger partial charge < -0.3 is 5.32 Å². The van der Waals surface area contributed by atoms with E-state index in [9.17, 15) is 8.42 Å². The van der Waals surface area contributed by atoms with Gasteiger partial charge in [-0.05, 0) is 24.2 Å². The molecule has 0 aromatic heterocycles. The number of nitrogens with one attached hydrogen (secondary N) is 2. The van der Waals surface area contributed by atoms with E-state index in [0.717, 1.165) is 0 Å². The van der Waals surface area contributed by atoms with E-state index >= 15 is 0 Å². The summed E-state index contributed by atoms with van der Waals surface area (Å²) in [5.74, 6) is 0.674. The van der Waals surface area contributed by atoms with Crippen LogP contribution in [0.3, 0.4) is 0 Å². The second kappa shape index (κ2) is 5.02. The topological polar surface area (TPSA) is 58.2 Å². The van der Waals surface area contributed by atoms with E-state index in [4.69, 9.17) is 0 Å². The summed E-state index contributed by atoms with van der Waals surface area (Å²) in [6.07, 6.45) is 3.60. The Kier molecular flexibility index (Phi) is 4.37. The van der Waals surface area contributed by atoms with E-state index in [0.29, 0.717) is 30.5 Å². The van der Waals surface area contributed by atoms with E-state index in [2.05, 4.69) is 30.8 Å². The Bertz CT molecular complexity index is 325. The van der Waals surface area contributed by atoms with Gasteiger partial charge in [-0.25, -0.2) is 13.1 Å². The number of sulfonamides is 1. The van der Waals surface area contributed by atoms with Crippen LogP contribution in [0.4, 0.5) is 0 Å². The molecule has 0 aromatic carbocycles. The van der Waals surface area contributed by atoms with Crippen molar-refractivity contribution in [1.82, 2.24) is 10.0 Å². The predicted octanol–water partition coefficient (Wildman–Crippen LogP) is 0.950. The van der Waals surface area contributed by atoms with Crippen LogP contribution in [0.1, 0.15) is 33.6 Å². The van der Waals surface area contributed by atoms with E-state index in [1.54, 1.807) is 0 Å². The smallest absolute Gasteiger partial charge is 0.208 e. The van der Waals surface area contributed by atoms with Gasteiger partial charge in [0.15, 0.2) is 0 Å². The highest BCUT2D eigenvalue weighted by Crippen LogP contribution is 2.40. The molecule has 0 saturated heterocycles. The normalized spacial score (nSPS) is 29.5. The molecule has 0 bridgehead atoms. The van der Waals surface area contributed by atoms with Crippen molar-refractivity contribution in [1.29, 1.82) is 0 Å². The summed E-state index contributed by atoms with van der Waals surface area (Å²) in [7, 11) is -3.05. The zero-order chi connectivity index (χ0) is 12.4. The highest BCUT2D eigenvalue weighted by molar-refractivity contribution is 7.88. The van der Waals surface area contributed by atoms with Crippen LogP contribution >= 0.6 is 0 Å². The zero-order valence-electron chi connectivity index (χ0n) is 10.7. The van der Waals surface area contributed by atoms with Gasteiger partial charge in [-0.15, -0.1) is 0 Å². The Morgan fingerprint density at radius 1 is 1.25 bits per heavy atom. The van der Waals surface area contributed by atoms with Crippen molar-refractivity contribution in [3.63, 3.8) is 0 Å². The number of hydrogen-bond acceptors (Lipinski definition) is 3. The van der Waals surface area contributed by atoms with Gasteiger partial charge in [0.2, 0.25) is 10.0 Å². The molecule has 2 N–H and O–H groups in total. The molecule has 16 heavy (non-hydrogen) atoms. The molecule has 96 valence electrons. The zero-order valence-corrected chi connectivity index (χ0v) is 11.5. The van der Waals surface area contributed by atoms with E-state index < -0.39 is 10.0 Å². The fourth-order valence-electron chi connectivity index (χ4n) is 2.66. The van der Waals surface area contributed by atoms with Gasteiger partial charge >= 0.3 is 0 Å². The van der Waals surface area contributed by atoms with Crippen LogP contribution in [0, 0.1) is 11.3 Å². The van der Waals surface area contributed by atoms with Crippen LogP contribution in [0.5, 0.6) is 0 Å². The van der Waals surface area contributed by atoms with Gasteiger partial charge in [0.1, 0.15) is 0 Å². The van der Waals surface area contributed by atoms with Crippen molar-refractivity contribution in [2.24, 2.45) is 11.3 Å². The molecule has 1 rings (SSSR count). The van der Waals surface area contributed by atoms with E-state index in [-0.39, 0.29) is 0 Å². The molecule has 0 unspecified atom stereocenters. The first-order chi connectivity index (χ1) is 7.20. The average Bonchev–Trinajstić information content (AvgIpc) is 2.32. The third-order valence-electron chi connectivity index (χ3n) is 3.23. The van der Waals surface area contributed by atoms with Gasteiger partial charge in [-0.3, -0.25) is 0 Å². The van der Waals surface area contributed by atoms with Crippen molar-refractivity contribution in [2.45, 2.75) is 39.7 Å². The highest BCUT2D eigenvalue weighted by Gasteiger charge is 2.35. The first-order valence-corrected chi connectivity index (χ1v) is 7.77. The second-order valence-corrected chi connectivity index (χ2v) is 7.61. The van der Waals surface area contributed by atoms with E-state index in [1.807, 2.05) is 0 Å². The summed E-state index contributed by atoms with van der Waals surface area (Å²) in [6, 6.07) is 0.524. The molecular formula is C11H24N2O2S. The van der Waals surface area contributed by atoms with Crippen molar-refractivity contribution in [3.8, 4) is 0 Å². The van der Waals surface area contributed by atoms with Crippen LogP contribution in [-0.4, -0.2) is 33.8 Å². The largest absolute Gasteiger partial charge is 0.312 e. The maximum Gasteiger partial charge on any atom is 0.208 e. The lowest BCUT2D eigenvalue weighted by atomic mass is 9.91. The fourth-order valence-corrected chi connectivity index (χ4v) is 3.13. The highest BCUT2D eigenvalue weighted by atomic mass is 32.2. The quantitative estimate of drug-likeness (QED) is 0.712. The van der Waals surface area contributed by atoms with Crippen LogP contribution in [0.2, 0.25) is 0 Å². The van der Waals surface area contributed by atoms with Gasteiger partial charge in [0.25, 0.3) is 0 Å². The maximum absolute atomic E-state index is 10.9. The first kappa shape index (κ1) is 13.9. The van der Waals surface area contributed by atoms with Crippen molar-refractivity contribution in [2.75, 3.05) is 19.3 Å². The minimum absolute atomic E-state index is 0.418. The maximum atomic E-state index is 10.9. The lowest BCUT2D eigenvalue weighted by Gasteiger charge is -2.18. The van der Waals surface area contributed by atoms with Crippen LogP contribution in [0.15, 0.2) is 0 Å². The van der Waals surface area contributed by atoms with Gasteiger partial charge in [-0.1, -0.05) is 20.8 Å². The average molecular weight is 248 g/mol. The van der Waals surface area contributed by atoms with Gasteiger partial charge in [-0.2, -0.15) is 0 Å². The molecule has 1 fully saturated rings. The summed E-state index contributed by atoms with van der Waals surface area (Å²) in [4.78, 5) is 0. The SMILES string of the molecule is C[C@@H]1CC(C)(C)C[C@@H]1NCCNS(C)(=O)=O. The standard InChI is InChI=1S/C11H24N2O2S/c1-9-7-11(2,3)8-10(9)12-5-6-13-16(4,14)15/h9-10,12-13H,5-8H2,1-4H3/t9-,10+/m1/s1. The third kappa shape index (κ3) is 4.80. The lowest BCUT2D eigenvalue weighted by molar-refractivity contribution is 0.362. The molecule has 1 saturated carbocycles. The van der Waals surface area contributed by atoms with Crippen molar-refractivity contribution >= 4 is 10.0 Å². The van der Waals surface area contributed by atoms with Crippen LogP contribution < -0.4 is 10.0 Å². The summed E-state index contributed by atoms with van der Waals surface area (Å²) in [6.45, 7) is 8.02. The predicted molar refractivity (Wildman–Crippen MR) is 66.8 cm³/mol. The summed E-state index contributed by atoms with van der Waals surface area (Å²) in [5, 5.41) is 3.43. The molecule has 0 amide bonds. The Labute approximate surface area is 99.2 Å². The summed E-state index contributed by atoms with van der Waals surface area (Å²) < 4.78 is 24.2. The molecule has 1 aliphatic carbocycles. The minimum atomic E-state index is -3.05. The molecule has 1 aliphatic rings. The number of rotatable bonds is 5. The van der Waals surface area contributed by atoms with Crippen molar-refractivity contribution in [3.05, 3.63) is 0 Å². The summed E-state index contributed by atoms with van der Waals surface area (Å²) in [5.41, 5.74) is 0.418. The second-order valence-electron chi connectivity index (χ2n) is 5.78. The molecular weight excluding hydrogens is 224 g/mol. The molecule has 4 nitrogen and oxygen atoms in total. The van der Waals surface area contributed by atoms with E-state index in [1.165, 1.54) is 19.1 Å². The molecule has 0 aliphatic heterocycles. The van der Waals surface area contributed by atoms with Gasteiger partial charge in [0.05, 0.1) is 6.26 Å². The Hall–Kier alpha value is -0.130. The third-order valence-corrected chi connectivity index (χ3v) is 3.96. The molecule has 0 radical (unpaired) electrons. The molecule has 5 heteroatoms. The molecule has 2 atom stereocenters. The lowest BCUT2D eigenvalue weighted by Crippen LogP contribution is -2.38. The Morgan fingerprint density at radius 2 is 1.88 bits per heavy atom. The van der Waals surface area contributed by atoms with Crippen LogP contribution in [-0.2, 0) is 10.0 Å². The van der Waals surface area contributed by atoms with Crippen molar-refractivity contribution < 1.29 is 8.42 Å². The Balaban J connectivity index is 2.24. The van der Waals surface area contributed by atoms with Crippen LogP contribution in [0.25, 0.3) is 0 Å². The first-order valence-electron chi connectivity index (χ1n) is 5.88. The molecule has 0 spiro atoms. The summed E-state index contributed by atoms with van der Waals surface area (Å²) >= 11 is 0. The number of hydrogen-bond donors (Lipinski definition) is 2. The minimum Gasteiger partial charge on any atom is -0.312 e. The molecule has 0 heterocycles. The monoisotopic (exact) mass is 248 g/mol. The van der Waals surface area contributed by atoms with Gasteiger partial charge in [0, 0.05) is 19.1 Å². The Morgan fingerprint density at radius 3 is 2.31 bits per heavy atom.